The maximum absolute atomic E-state index is 13.0. The largest absolute Gasteiger partial charge is 0.454 e. The van der Waals surface area contributed by atoms with Gasteiger partial charge in [-0.25, -0.2) is 4.68 Å². The van der Waals surface area contributed by atoms with E-state index in [0.29, 0.717) is 27.2 Å². The van der Waals surface area contributed by atoms with Crippen LogP contribution in [0.2, 0.25) is 0 Å². The average Bonchev–Trinajstić information content (AvgIpc) is 3.49. The van der Waals surface area contributed by atoms with E-state index in [-0.39, 0.29) is 5.91 Å². The molecule has 3 heterocycles. The number of carbonyl (C=O) groups excluding carboxylic acids is 1. The topological polar surface area (TPSA) is 51.3 Å². The lowest BCUT2D eigenvalue weighted by Crippen LogP contribution is -2.28. The molecule has 32 heavy (non-hydrogen) atoms. The highest BCUT2D eigenvalue weighted by Crippen LogP contribution is 2.36. The van der Waals surface area contributed by atoms with Crippen LogP contribution >= 0.6 is 24.0 Å². The van der Waals surface area contributed by atoms with Crippen LogP contribution in [0.4, 0.5) is 0 Å². The van der Waals surface area contributed by atoms with Gasteiger partial charge in [0.15, 0.2) is 5.76 Å². The predicted molar refractivity (Wildman–Crippen MR) is 134 cm³/mol. The van der Waals surface area contributed by atoms with Crippen LogP contribution in [-0.2, 0) is 4.79 Å². The molecular weight excluding hydrogens is 438 g/mol. The number of hydrogen-bond donors (Lipinski definition) is 0. The number of amides is 1. The molecule has 0 bridgehead atoms. The highest BCUT2D eigenvalue weighted by atomic mass is 32.2. The van der Waals surface area contributed by atoms with Crippen molar-refractivity contribution < 1.29 is 9.21 Å². The van der Waals surface area contributed by atoms with Crippen molar-refractivity contribution >= 4 is 51.3 Å². The Bertz CT molecular complexity index is 1300. The minimum absolute atomic E-state index is 0.0449. The lowest BCUT2D eigenvalue weighted by atomic mass is 10.1. The quantitative estimate of drug-likeness (QED) is 0.251. The van der Waals surface area contributed by atoms with E-state index >= 15 is 0 Å². The number of hydrogen-bond acceptors (Lipinski definition) is 5. The van der Waals surface area contributed by atoms with Gasteiger partial charge >= 0.3 is 0 Å². The molecule has 0 aliphatic carbocycles. The van der Waals surface area contributed by atoms with Gasteiger partial charge in [0.2, 0.25) is 0 Å². The monoisotopic (exact) mass is 459 g/mol. The standard InChI is InChI=1S/C25H21N3O2S2/c1-2-3-13-27-24(29)22(32-25(27)31)15-18-16-28(19-10-5-4-6-11-19)26-23(18)21-14-17-9-7-8-12-20(17)30-21/h4-12,14-16H,2-3,13H2,1H3. The van der Waals surface area contributed by atoms with Crippen molar-refractivity contribution in [1.82, 2.24) is 14.7 Å². The predicted octanol–water partition coefficient (Wildman–Crippen LogP) is 6.29. The first-order valence-corrected chi connectivity index (χ1v) is 11.8. The fourth-order valence-corrected chi connectivity index (χ4v) is 4.95. The summed E-state index contributed by atoms with van der Waals surface area (Å²) in [5, 5.41) is 5.82. The van der Waals surface area contributed by atoms with Gasteiger partial charge in [0.05, 0.1) is 10.6 Å². The van der Waals surface area contributed by atoms with Gasteiger partial charge in [-0.1, -0.05) is 73.7 Å². The minimum atomic E-state index is -0.0449. The van der Waals surface area contributed by atoms with Crippen molar-refractivity contribution in [2.75, 3.05) is 6.54 Å². The Labute approximate surface area is 195 Å². The molecule has 1 saturated heterocycles. The Morgan fingerprint density at radius 3 is 2.69 bits per heavy atom. The second-order valence-electron chi connectivity index (χ2n) is 7.55. The fourth-order valence-electron chi connectivity index (χ4n) is 3.65. The molecule has 0 saturated carbocycles. The number of thiocarbonyl (C=S) groups is 1. The first kappa shape index (κ1) is 20.7. The maximum Gasteiger partial charge on any atom is 0.266 e. The van der Waals surface area contributed by atoms with Gasteiger partial charge in [0, 0.05) is 23.7 Å². The zero-order valence-electron chi connectivity index (χ0n) is 17.5. The van der Waals surface area contributed by atoms with E-state index in [0.717, 1.165) is 35.1 Å². The van der Waals surface area contributed by atoms with Crippen LogP contribution in [-0.4, -0.2) is 31.5 Å². The average molecular weight is 460 g/mol. The third-order valence-electron chi connectivity index (χ3n) is 5.32. The summed E-state index contributed by atoms with van der Waals surface area (Å²) in [5.74, 6) is 0.616. The van der Waals surface area contributed by atoms with Crippen LogP contribution in [0.1, 0.15) is 25.3 Å². The number of rotatable bonds is 6. The molecule has 160 valence electrons. The Morgan fingerprint density at radius 2 is 1.91 bits per heavy atom. The van der Waals surface area contributed by atoms with Crippen molar-refractivity contribution in [3.63, 3.8) is 0 Å². The number of para-hydroxylation sites is 2. The fraction of sp³-hybridized carbons (Fsp3) is 0.160. The molecule has 2 aromatic carbocycles. The molecule has 1 aliphatic heterocycles. The van der Waals surface area contributed by atoms with Crippen LogP contribution in [0.25, 0.3) is 34.2 Å². The van der Waals surface area contributed by atoms with E-state index in [2.05, 4.69) is 6.92 Å². The van der Waals surface area contributed by atoms with E-state index in [1.165, 1.54) is 11.8 Å². The van der Waals surface area contributed by atoms with Gasteiger partial charge in [0.25, 0.3) is 5.91 Å². The first-order valence-electron chi connectivity index (χ1n) is 10.5. The summed E-state index contributed by atoms with van der Waals surface area (Å²) in [7, 11) is 0. The molecule has 0 atom stereocenters. The molecule has 1 aliphatic rings. The third kappa shape index (κ3) is 3.89. The normalized spacial score (nSPS) is 15.4. The number of nitrogens with zero attached hydrogens (tertiary/aromatic N) is 3. The molecule has 0 unspecified atom stereocenters. The Balaban J connectivity index is 1.59. The van der Waals surface area contributed by atoms with Crippen molar-refractivity contribution in [2.45, 2.75) is 19.8 Å². The molecule has 0 N–H and O–H groups in total. The van der Waals surface area contributed by atoms with Crippen molar-refractivity contribution in [1.29, 1.82) is 0 Å². The van der Waals surface area contributed by atoms with Gasteiger partial charge in [-0.15, -0.1) is 0 Å². The van der Waals surface area contributed by atoms with Gasteiger partial charge in [0.1, 0.15) is 15.6 Å². The van der Waals surface area contributed by atoms with E-state index in [9.17, 15) is 4.79 Å². The van der Waals surface area contributed by atoms with Gasteiger partial charge in [-0.05, 0) is 36.8 Å². The summed E-state index contributed by atoms with van der Waals surface area (Å²) >= 11 is 6.81. The van der Waals surface area contributed by atoms with E-state index in [1.54, 1.807) is 4.90 Å². The van der Waals surface area contributed by atoms with E-state index in [1.807, 2.05) is 77.6 Å². The number of benzene rings is 2. The number of fused-ring (bicyclic) bond motifs is 1. The van der Waals surface area contributed by atoms with Crippen molar-refractivity contribution in [3.05, 3.63) is 77.3 Å². The van der Waals surface area contributed by atoms with Gasteiger partial charge in [-0.2, -0.15) is 5.10 Å². The van der Waals surface area contributed by atoms with Crippen molar-refractivity contribution in [2.24, 2.45) is 0 Å². The maximum atomic E-state index is 13.0. The van der Waals surface area contributed by atoms with Crippen LogP contribution in [0.3, 0.4) is 0 Å². The highest BCUT2D eigenvalue weighted by Gasteiger charge is 2.32. The second-order valence-corrected chi connectivity index (χ2v) is 9.22. The summed E-state index contributed by atoms with van der Waals surface area (Å²) in [6.45, 7) is 2.75. The zero-order valence-corrected chi connectivity index (χ0v) is 19.2. The lowest BCUT2D eigenvalue weighted by Gasteiger charge is -2.12. The molecule has 0 spiro atoms. The van der Waals surface area contributed by atoms with E-state index in [4.69, 9.17) is 21.7 Å². The van der Waals surface area contributed by atoms with Crippen LogP contribution in [0.15, 0.2) is 76.2 Å². The molecule has 7 heteroatoms. The lowest BCUT2D eigenvalue weighted by molar-refractivity contribution is -0.122. The molecular formula is C25H21N3O2S2. The number of unbranched alkanes of at least 4 members (excludes halogenated alkanes) is 1. The summed E-state index contributed by atoms with van der Waals surface area (Å²) in [6.07, 6.45) is 5.74. The Morgan fingerprint density at radius 1 is 1.12 bits per heavy atom. The molecule has 4 aromatic rings. The minimum Gasteiger partial charge on any atom is -0.454 e. The van der Waals surface area contributed by atoms with Crippen molar-refractivity contribution in [3.8, 4) is 17.1 Å². The first-order chi connectivity index (χ1) is 15.6. The summed E-state index contributed by atoms with van der Waals surface area (Å²) < 4.78 is 8.52. The molecule has 1 amide bonds. The third-order valence-corrected chi connectivity index (χ3v) is 6.70. The van der Waals surface area contributed by atoms with Gasteiger partial charge < -0.3 is 4.42 Å². The number of thioether (sulfide) groups is 1. The SMILES string of the molecule is CCCCN1C(=O)C(=Cc2cn(-c3ccccc3)nc2-c2cc3ccccc3o2)SC1=S. The highest BCUT2D eigenvalue weighted by molar-refractivity contribution is 8.26. The molecule has 1 fully saturated rings. The summed E-state index contributed by atoms with van der Waals surface area (Å²) in [5.41, 5.74) is 3.22. The number of carbonyl (C=O) groups is 1. The number of aromatic nitrogens is 2. The second kappa shape index (κ2) is 8.76. The Kier molecular flexibility index (Phi) is 5.68. The smallest absolute Gasteiger partial charge is 0.266 e. The summed E-state index contributed by atoms with van der Waals surface area (Å²) in [6, 6.07) is 19.7. The van der Waals surface area contributed by atoms with Gasteiger partial charge in [-0.3, -0.25) is 9.69 Å². The zero-order chi connectivity index (χ0) is 22.1. The van der Waals surface area contributed by atoms with Crippen LogP contribution in [0.5, 0.6) is 0 Å². The number of furan rings is 1. The van der Waals surface area contributed by atoms with Crippen LogP contribution < -0.4 is 0 Å². The molecule has 0 radical (unpaired) electrons. The molecule has 2 aromatic heterocycles. The van der Waals surface area contributed by atoms with Crippen LogP contribution in [0, 0.1) is 0 Å². The Hall–Kier alpha value is -3.16. The molecule has 5 nitrogen and oxygen atoms in total. The summed E-state index contributed by atoms with van der Waals surface area (Å²) in [4.78, 5) is 15.3. The van der Waals surface area contributed by atoms with E-state index < -0.39 is 0 Å². The molecule has 5 rings (SSSR count).